The zero-order chi connectivity index (χ0) is 20.1. The number of amides is 1. The lowest BCUT2D eigenvalue weighted by Gasteiger charge is -2.29. The molecule has 2 aliphatic heterocycles. The van der Waals surface area contributed by atoms with Gasteiger partial charge in [0.15, 0.2) is 6.23 Å². The Bertz CT molecular complexity index is 979. The Kier molecular flexibility index (Phi) is 4.01. The van der Waals surface area contributed by atoms with Crippen molar-refractivity contribution in [2.75, 3.05) is 18.5 Å². The van der Waals surface area contributed by atoms with Crippen LogP contribution < -0.4 is 11.0 Å². The summed E-state index contributed by atoms with van der Waals surface area (Å²) in [5, 5.41) is 22.6. The van der Waals surface area contributed by atoms with Gasteiger partial charge in [-0.2, -0.15) is 4.98 Å². The van der Waals surface area contributed by atoms with E-state index in [1.165, 1.54) is 6.20 Å². The number of ether oxygens (including phenoxy) is 2. The van der Waals surface area contributed by atoms with Crippen molar-refractivity contribution in [3.63, 3.8) is 0 Å². The first kappa shape index (κ1) is 16.6. The van der Waals surface area contributed by atoms with Crippen LogP contribution in [0.3, 0.4) is 0 Å². The molecule has 1 aromatic carbocycles. The van der Waals surface area contributed by atoms with E-state index in [1.807, 2.05) is 0 Å². The van der Waals surface area contributed by atoms with Gasteiger partial charge in [-0.25, -0.2) is 4.79 Å². The fourth-order valence-corrected chi connectivity index (χ4v) is 3.25. The number of nitrogens with zero attached hydrogens (tertiary/aromatic N) is 2. The summed E-state index contributed by atoms with van der Waals surface area (Å²) in [5.74, 6) is -0.315. The number of rotatable bonds is 4. The fourth-order valence-electron chi connectivity index (χ4n) is 3.25. The maximum Gasteiger partial charge on any atom is 0.351 e. The van der Waals surface area contributed by atoms with Crippen LogP contribution in [0.25, 0.3) is 0 Å². The predicted octanol–water partition coefficient (Wildman–Crippen LogP) is -0.176. The highest BCUT2D eigenvalue weighted by Crippen LogP contribution is 2.44. The molecule has 9 nitrogen and oxygen atoms in total. The summed E-state index contributed by atoms with van der Waals surface area (Å²) in [7, 11) is 0. The summed E-state index contributed by atoms with van der Waals surface area (Å²) in [6, 6.07) is 8.49. The minimum Gasteiger partial charge on any atom is -0.393 e. The molecule has 0 spiro atoms. The molecule has 27 heavy (non-hydrogen) atoms. The maximum absolute atomic E-state index is 12.5. The second-order valence-electron chi connectivity index (χ2n) is 6.56. The molecule has 142 valence electrons. The fraction of sp³-hybridized carbons (Fsp3) is 0.389. The van der Waals surface area contributed by atoms with E-state index >= 15 is 0 Å². The monoisotopic (exact) mass is 374 g/mol. The number of aromatic nitrogens is 2. The van der Waals surface area contributed by atoms with E-state index < -0.39 is 42.2 Å². The molecule has 0 unspecified atom stereocenters. The van der Waals surface area contributed by atoms with Crippen molar-refractivity contribution in [1.29, 1.82) is 0 Å². The van der Waals surface area contributed by atoms with Gasteiger partial charge in [0.05, 0.1) is 14.6 Å². The Morgan fingerprint density at radius 3 is 2.89 bits per heavy atom. The second-order valence-corrected chi connectivity index (χ2v) is 6.56. The molecule has 3 N–H and O–H groups in total. The third-order valence-electron chi connectivity index (χ3n) is 4.77. The number of benzene rings is 1. The van der Waals surface area contributed by atoms with Gasteiger partial charge in [0.25, 0.3) is 5.91 Å². The van der Waals surface area contributed by atoms with Gasteiger partial charge in [-0.1, -0.05) is 18.2 Å². The molecule has 1 aromatic heterocycles. The number of fused-ring (bicyclic) bond motifs is 2. The lowest BCUT2D eigenvalue weighted by atomic mass is 10.0. The Labute approximate surface area is 155 Å². The number of hydrogen-bond donors (Lipinski definition) is 3. The highest BCUT2D eigenvalue weighted by Gasteiger charge is 2.61. The van der Waals surface area contributed by atoms with Crippen molar-refractivity contribution in [1.82, 2.24) is 9.55 Å². The molecule has 3 heterocycles. The van der Waals surface area contributed by atoms with E-state index in [2.05, 4.69) is 10.3 Å². The Morgan fingerprint density at radius 1 is 1.48 bits per heavy atom. The number of aliphatic hydroxyl groups is 2. The molecule has 2 aromatic rings. The lowest BCUT2D eigenvalue weighted by Crippen LogP contribution is -2.44. The van der Waals surface area contributed by atoms with E-state index in [0.717, 1.165) is 4.57 Å². The summed E-state index contributed by atoms with van der Waals surface area (Å²) < 4.78 is 20.2. The number of aliphatic hydroxyl groups excluding tert-OH is 1. The molecule has 1 amide bonds. The van der Waals surface area contributed by atoms with E-state index in [9.17, 15) is 19.8 Å². The van der Waals surface area contributed by atoms with E-state index in [1.54, 1.807) is 37.3 Å². The van der Waals surface area contributed by atoms with Crippen LogP contribution in [-0.2, 0) is 9.47 Å². The van der Waals surface area contributed by atoms with Gasteiger partial charge in [0.2, 0.25) is 0 Å². The van der Waals surface area contributed by atoms with Gasteiger partial charge in [-0.3, -0.25) is 9.36 Å². The van der Waals surface area contributed by atoms with Crippen molar-refractivity contribution in [2.45, 2.75) is 30.9 Å². The topological polar surface area (TPSA) is 123 Å². The van der Waals surface area contributed by atoms with Gasteiger partial charge in [-0.15, -0.1) is 0 Å². The summed E-state index contributed by atoms with van der Waals surface area (Å²) in [6.45, 7) is 0.857. The van der Waals surface area contributed by atoms with Crippen LogP contribution in [0.1, 0.15) is 23.5 Å². The average molecular weight is 374 g/mol. The minimum absolute atomic E-state index is 0.0946. The van der Waals surface area contributed by atoms with Gasteiger partial charge >= 0.3 is 5.69 Å². The van der Waals surface area contributed by atoms with E-state index in [4.69, 9.17) is 10.8 Å². The van der Waals surface area contributed by atoms with Crippen LogP contribution >= 0.6 is 0 Å². The van der Waals surface area contributed by atoms with Gasteiger partial charge in [-0.05, 0) is 19.1 Å². The molecule has 2 aliphatic rings. The molecule has 2 bridgehead atoms. The van der Waals surface area contributed by atoms with Crippen LogP contribution in [0.2, 0.25) is 0 Å². The summed E-state index contributed by atoms with van der Waals surface area (Å²) in [5.41, 5.74) is -1.49. The Balaban J connectivity index is 1.63. The number of carbonyl (C=O) groups is 1. The van der Waals surface area contributed by atoms with Crippen LogP contribution in [0.4, 0.5) is 5.82 Å². The standard InChI is InChI=1S/C18H19N3O6/c1-10-7-21(16-12-13(23)18(8-22,27-16)9-26-12)17(25)20-14(10)19-15(24)11-5-3-2-4-6-11/h2-7,12-13,16,22-23H,8-9H2,1H3,(H,19,20,24,25)/t12-,13+,16-,18+/m1/s1/i13D. The van der Waals surface area contributed by atoms with Gasteiger partial charge in [0, 0.05) is 17.3 Å². The third-order valence-corrected chi connectivity index (χ3v) is 4.77. The largest absolute Gasteiger partial charge is 0.393 e. The zero-order valence-corrected chi connectivity index (χ0v) is 14.5. The van der Waals surface area contributed by atoms with E-state index in [-0.39, 0.29) is 12.4 Å². The average Bonchev–Trinajstić information content (AvgIpc) is 3.07. The number of nitrogens with one attached hydrogen (secondary N) is 1. The lowest BCUT2D eigenvalue weighted by molar-refractivity contribution is -0.187. The van der Waals surface area contributed by atoms with Crippen molar-refractivity contribution in [3.8, 4) is 0 Å². The van der Waals surface area contributed by atoms with Crippen molar-refractivity contribution in [3.05, 3.63) is 58.1 Å². The summed E-state index contributed by atoms with van der Waals surface area (Å²) in [4.78, 5) is 28.7. The van der Waals surface area contributed by atoms with Gasteiger partial charge < -0.3 is 25.0 Å². The van der Waals surface area contributed by atoms with Crippen molar-refractivity contribution in [2.24, 2.45) is 0 Å². The van der Waals surface area contributed by atoms with Crippen molar-refractivity contribution < 1.29 is 25.9 Å². The minimum atomic E-state index is -2.21. The highest BCUT2D eigenvalue weighted by atomic mass is 16.7. The molecule has 2 saturated heterocycles. The SMILES string of the molecule is [2H][C@]1(O)[C@H]2OC[C@]1(CO)O[C@H]2n1cc(C)c(NC(=O)c2ccccc2)nc1=O. The molecule has 4 rings (SSSR count). The summed E-state index contributed by atoms with van der Waals surface area (Å²) >= 11 is 0. The molecule has 4 atom stereocenters. The molecular formula is C18H19N3O6. The normalized spacial score (nSPS) is 32.3. The first-order valence-electron chi connectivity index (χ1n) is 8.88. The molecule has 2 fully saturated rings. The van der Waals surface area contributed by atoms with Crippen LogP contribution in [0.5, 0.6) is 0 Å². The van der Waals surface area contributed by atoms with Gasteiger partial charge in [0.1, 0.15) is 23.6 Å². The molecular weight excluding hydrogens is 354 g/mol. The van der Waals surface area contributed by atoms with Crippen molar-refractivity contribution >= 4 is 11.7 Å². The van der Waals surface area contributed by atoms with Crippen LogP contribution in [0.15, 0.2) is 41.3 Å². The maximum atomic E-state index is 12.5. The molecule has 0 radical (unpaired) electrons. The third kappa shape index (κ3) is 2.85. The highest BCUT2D eigenvalue weighted by molar-refractivity contribution is 6.03. The molecule has 0 aliphatic carbocycles. The number of aryl methyl sites for hydroxylation is 1. The van der Waals surface area contributed by atoms with E-state index in [0.29, 0.717) is 11.1 Å². The summed E-state index contributed by atoms with van der Waals surface area (Å²) in [6.07, 6.45) is -3.09. The number of hydrogen-bond acceptors (Lipinski definition) is 7. The molecule has 9 heteroatoms. The predicted molar refractivity (Wildman–Crippen MR) is 93.3 cm³/mol. The van der Waals surface area contributed by atoms with Crippen LogP contribution in [-0.4, -0.2) is 56.7 Å². The zero-order valence-electron chi connectivity index (χ0n) is 15.5. The smallest absolute Gasteiger partial charge is 0.351 e. The Hall–Kier alpha value is -2.59. The number of carbonyl (C=O) groups excluding carboxylic acids is 1. The quantitative estimate of drug-likeness (QED) is 0.679. The number of anilines is 1. The second kappa shape index (κ2) is 6.54. The first-order chi connectivity index (χ1) is 13.3. The molecule has 0 saturated carbocycles. The Morgan fingerprint density at radius 2 is 2.22 bits per heavy atom. The van der Waals surface area contributed by atoms with Crippen LogP contribution in [0, 0.1) is 6.92 Å². The first-order valence-corrected chi connectivity index (χ1v) is 8.38.